The minimum Gasteiger partial charge on any atom is -0.355 e. The summed E-state index contributed by atoms with van der Waals surface area (Å²) >= 11 is -0.316. The van der Waals surface area contributed by atoms with Gasteiger partial charge in [0.15, 0.2) is 0 Å². The molecule has 0 spiro atoms. The van der Waals surface area contributed by atoms with Gasteiger partial charge < -0.3 is 4.90 Å². The molecule has 0 aromatic carbocycles. The van der Waals surface area contributed by atoms with E-state index in [9.17, 15) is 0 Å². The van der Waals surface area contributed by atoms with E-state index in [1.807, 2.05) is 6.20 Å². The van der Waals surface area contributed by atoms with Gasteiger partial charge in [-0.25, -0.2) is 4.98 Å². The second-order valence-electron chi connectivity index (χ2n) is 3.33. The lowest BCUT2D eigenvalue weighted by atomic mass is 10.1. The molecule has 0 amide bonds. The Labute approximate surface area is 93.7 Å². The molecule has 2 heterocycles. The number of piperidine rings is 1. The molecule has 5 heteroatoms. The van der Waals surface area contributed by atoms with E-state index in [1.165, 1.54) is 0 Å². The number of hydrogen-bond donors (Lipinski definition) is 1. The number of nitrogens with zero attached hydrogens (tertiary/aromatic N) is 3. The van der Waals surface area contributed by atoms with E-state index in [0.717, 1.165) is 31.7 Å². The van der Waals surface area contributed by atoms with Gasteiger partial charge in [0.05, 0.1) is 6.20 Å². The fraction of sp³-hybridized carbons (Fsp3) is 0.556. The zero-order valence-electron chi connectivity index (χ0n) is 7.86. The standard InChI is InChI=1S/C9H13IN4/c11-10-8-1-5-14(6-2-8)9-7-12-3-4-13-9/h3-4,7-8,11H,1-2,5-6H2. The van der Waals surface area contributed by atoms with E-state index in [4.69, 9.17) is 3.56 Å². The average Bonchev–Trinajstić information content (AvgIpc) is 2.30. The molecule has 1 aliphatic heterocycles. The van der Waals surface area contributed by atoms with E-state index in [-0.39, 0.29) is 21.0 Å². The van der Waals surface area contributed by atoms with Gasteiger partial charge in [0.25, 0.3) is 0 Å². The largest absolute Gasteiger partial charge is 0.355 e. The second kappa shape index (κ2) is 4.77. The predicted octanol–water partition coefficient (Wildman–Crippen LogP) is 2.18. The molecule has 0 bridgehead atoms. The van der Waals surface area contributed by atoms with Crippen LogP contribution in [0.2, 0.25) is 0 Å². The Morgan fingerprint density at radius 3 is 2.71 bits per heavy atom. The van der Waals surface area contributed by atoms with Crippen LogP contribution in [0.3, 0.4) is 0 Å². The minimum absolute atomic E-state index is 0.316. The van der Waals surface area contributed by atoms with Gasteiger partial charge in [0.1, 0.15) is 5.82 Å². The quantitative estimate of drug-likeness (QED) is 0.673. The Morgan fingerprint density at radius 1 is 1.36 bits per heavy atom. The lowest BCUT2D eigenvalue weighted by Gasteiger charge is -2.30. The molecule has 0 atom stereocenters. The van der Waals surface area contributed by atoms with Crippen LogP contribution < -0.4 is 4.90 Å². The lowest BCUT2D eigenvalue weighted by Crippen LogP contribution is -2.34. The second-order valence-corrected chi connectivity index (χ2v) is 5.72. The number of nitrogens with one attached hydrogen (secondary N) is 1. The van der Waals surface area contributed by atoms with Crippen LogP contribution in [0, 0.1) is 3.56 Å². The molecule has 1 saturated heterocycles. The molecule has 0 aliphatic carbocycles. The van der Waals surface area contributed by atoms with E-state index >= 15 is 0 Å². The van der Waals surface area contributed by atoms with Gasteiger partial charge >= 0.3 is 0 Å². The summed E-state index contributed by atoms with van der Waals surface area (Å²) in [5.41, 5.74) is 0. The summed E-state index contributed by atoms with van der Waals surface area (Å²) in [6.45, 7) is 2.09. The first-order valence-electron chi connectivity index (χ1n) is 4.70. The number of anilines is 1. The Morgan fingerprint density at radius 2 is 2.14 bits per heavy atom. The van der Waals surface area contributed by atoms with Crippen molar-refractivity contribution >= 4 is 26.9 Å². The van der Waals surface area contributed by atoms with Crippen molar-refractivity contribution in [1.29, 1.82) is 3.56 Å². The van der Waals surface area contributed by atoms with Gasteiger partial charge in [-0.05, 0) is 33.9 Å². The van der Waals surface area contributed by atoms with Crippen molar-refractivity contribution < 1.29 is 0 Å². The van der Waals surface area contributed by atoms with Crippen molar-refractivity contribution in [2.75, 3.05) is 18.0 Å². The molecule has 1 aromatic heterocycles. The highest BCUT2D eigenvalue weighted by Gasteiger charge is 2.18. The van der Waals surface area contributed by atoms with Crippen molar-refractivity contribution in [3.63, 3.8) is 0 Å². The van der Waals surface area contributed by atoms with Gasteiger partial charge in [-0.15, -0.1) is 0 Å². The Balaban J connectivity index is 1.99. The highest BCUT2D eigenvalue weighted by atomic mass is 127. The smallest absolute Gasteiger partial charge is 0.147 e. The minimum atomic E-state index is -0.316. The van der Waals surface area contributed by atoms with Gasteiger partial charge in [-0.2, -0.15) is 0 Å². The fourth-order valence-electron chi connectivity index (χ4n) is 1.64. The SMILES string of the molecule is N=IC1CCN(c2cnccn2)CC1. The number of hydrogen-bond acceptors (Lipinski definition) is 4. The van der Waals surface area contributed by atoms with Crippen molar-refractivity contribution in [2.45, 2.75) is 16.8 Å². The third-order valence-electron chi connectivity index (χ3n) is 2.45. The zero-order valence-corrected chi connectivity index (χ0v) is 10.0. The summed E-state index contributed by atoms with van der Waals surface area (Å²) in [7, 11) is 0. The number of alkyl halides is 1. The molecule has 1 fully saturated rings. The van der Waals surface area contributed by atoms with Crippen LogP contribution in [-0.4, -0.2) is 27.0 Å². The number of rotatable bonds is 2. The maximum absolute atomic E-state index is 7.43. The van der Waals surface area contributed by atoms with Crippen LogP contribution in [0.25, 0.3) is 0 Å². The highest BCUT2D eigenvalue weighted by Crippen LogP contribution is 2.24. The molecule has 1 aromatic rings. The summed E-state index contributed by atoms with van der Waals surface area (Å²) < 4.78 is 8.13. The normalized spacial score (nSPS) is 18.4. The van der Waals surface area contributed by atoms with Crippen LogP contribution in [-0.2, 0) is 0 Å². The molecule has 14 heavy (non-hydrogen) atoms. The van der Waals surface area contributed by atoms with Crippen LogP contribution >= 0.6 is 21.0 Å². The summed E-state index contributed by atoms with van der Waals surface area (Å²) in [4.78, 5) is 10.6. The molecule has 1 N–H and O–H groups in total. The molecule has 2 rings (SSSR count). The maximum Gasteiger partial charge on any atom is 0.147 e. The monoisotopic (exact) mass is 304 g/mol. The van der Waals surface area contributed by atoms with Gasteiger partial charge in [-0.3, -0.25) is 8.55 Å². The summed E-state index contributed by atoms with van der Waals surface area (Å²) in [5, 5.41) is 0. The van der Waals surface area contributed by atoms with Crippen molar-refractivity contribution in [2.24, 2.45) is 0 Å². The van der Waals surface area contributed by atoms with Gasteiger partial charge in [0.2, 0.25) is 0 Å². The van der Waals surface area contributed by atoms with Crippen LogP contribution in [0.4, 0.5) is 5.82 Å². The maximum atomic E-state index is 7.43. The first-order chi connectivity index (χ1) is 6.90. The fourth-order valence-corrected chi connectivity index (χ4v) is 2.82. The average molecular weight is 304 g/mol. The zero-order chi connectivity index (χ0) is 9.80. The van der Waals surface area contributed by atoms with E-state index in [1.54, 1.807) is 12.4 Å². The Bertz CT molecular complexity index is 295. The molecule has 0 radical (unpaired) electrons. The van der Waals surface area contributed by atoms with Gasteiger partial charge in [-0.1, -0.05) is 0 Å². The third-order valence-corrected chi connectivity index (χ3v) is 4.58. The van der Waals surface area contributed by atoms with Crippen molar-refractivity contribution in [3.8, 4) is 0 Å². The van der Waals surface area contributed by atoms with E-state index in [0.29, 0.717) is 3.92 Å². The Kier molecular flexibility index (Phi) is 3.39. The third kappa shape index (κ3) is 2.26. The molecule has 4 nitrogen and oxygen atoms in total. The molecule has 1 aliphatic rings. The Hall–Kier alpha value is -0.590. The van der Waals surface area contributed by atoms with E-state index in [2.05, 4.69) is 14.9 Å². The first-order valence-corrected chi connectivity index (χ1v) is 7.02. The van der Waals surface area contributed by atoms with Crippen LogP contribution in [0.1, 0.15) is 12.8 Å². The summed E-state index contributed by atoms with van der Waals surface area (Å²) in [6, 6.07) is 0. The first kappa shape index (κ1) is 9.95. The van der Waals surface area contributed by atoms with Crippen molar-refractivity contribution in [1.82, 2.24) is 9.97 Å². The van der Waals surface area contributed by atoms with Crippen LogP contribution in [0.5, 0.6) is 0 Å². The number of halogens is 1. The summed E-state index contributed by atoms with van der Waals surface area (Å²) in [6.07, 6.45) is 7.57. The lowest BCUT2D eigenvalue weighted by molar-refractivity contribution is 0.598. The van der Waals surface area contributed by atoms with Crippen LogP contribution in [0.15, 0.2) is 18.6 Å². The molecule has 0 unspecified atom stereocenters. The molecule has 76 valence electrons. The number of aromatic nitrogens is 2. The van der Waals surface area contributed by atoms with Crippen molar-refractivity contribution in [3.05, 3.63) is 18.6 Å². The molecular weight excluding hydrogens is 291 g/mol. The molecule has 0 saturated carbocycles. The van der Waals surface area contributed by atoms with Gasteiger partial charge in [0, 0.05) is 29.4 Å². The molecular formula is C9H13IN4. The topological polar surface area (TPSA) is 52.9 Å². The predicted molar refractivity (Wildman–Crippen MR) is 64.0 cm³/mol. The van der Waals surface area contributed by atoms with E-state index < -0.39 is 0 Å². The highest BCUT2D eigenvalue weighted by molar-refractivity contribution is 14.1. The summed E-state index contributed by atoms with van der Waals surface area (Å²) in [5.74, 6) is 0.981.